The average molecular weight is 609 g/mol. The van der Waals surface area contributed by atoms with Gasteiger partial charge in [0.2, 0.25) is 11.8 Å². The van der Waals surface area contributed by atoms with Crippen molar-refractivity contribution >= 4 is 29.3 Å². The van der Waals surface area contributed by atoms with Crippen molar-refractivity contribution in [3.63, 3.8) is 0 Å². The van der Waals surface area contributed by atoms with Gasteiger partial charge in [-0.15, -0.1) is 0 Å². The van der Waals surface area contributed by atoms with Gasteiger partial charge in [-0.05, 0) is 37.9 Å². The minimum absolute atomic E-state index is 0.0720. The number of carbonyl (C=O) groups is 4. The summed E-state index contributed by atoms with van der Waals surface area (Å²) in [7, 11) is 0. The smallest absolute Gasteiger partial charge is 0.264 e. The number of nitrogens with zero attached hydrogens (tertiary/aromatic N) is 1. The van der Waals surface area contributed by atoms with Gasteiger partial charge in [-0.2, -0.15) is 0 Å². The van der Waals surface area contributed by atoms with E-state index >= 15 is 0 Å². The number of imide groups is 2. The quantitative estimate of drug-likeness (QED) is 0.108. The molecule has 14 nitrogen and oxygen atoms in total. The number of ether oxygens (including phenoxy) is 6. The number of fused-ring (bicyclic) bond motifs is 1. The summed E-state index contributed by atoms with van der Waals surface area (Å²) in [5, 5.41) is 5.32. The maximum Gasteiger partial charge on any atom is 0.264 e. The molecule has 4 N–H and O–H groups in total. The van der Waals surface area contributed by atoms with E-state index in [1.54, 1.807) is 18.2 Å². The molecule has 2 heterocycles. The van der Waals surface area contributed by atoms with Crippen LogP contribution in [0.4, 0.5) is 5.69 Å². The Hall–Kier alpha value is -2.98. The van der Waals surface area contributed by atoms with Crippen molar-refractivity contribution < 1.29 is 47.6 Å². The monoisotopic (exact) mass is 608 g/mol. The molecule has 4 amide bonds. The van der Waals surface area contributed by atoms with Crippen molar-refractivity contribution in [2.75, 3.05) is 97.7 Å². The number of anilines is 1. The number of amides is 4. The lowest BCUT2D eigenvalue weighted by molar-refractivity contribution is -0.136. The SMILES string of the molecule is NCCCCOCCOCCOCCOCCOCCOCCNc1cccc2c1C(=O)N(C1CCC(=O)NC1=O)C2=O. The molecule has 1 aromatic carbocycles. The van der Waals surface area contributed by atoms with E-state index in [0.29, 0.717) is 98.1 Å². The Labute approximate surface area is 251 Å². The third-order valence-corrected chi connectivity index (χ3v) is 6.63. The summed E-state index contributed by atoms with van der Waals surface area (Å²) in [6.07, 6.45) is 2.13. The third kappa shape index (κ3) is 11.6. The lowest BCUT2D eigenvalue weighted by Crippen LogP contribution is -2.54. The summed E-state index contributed by atoms with van der Waals surface area (Å²) in [4.78, 5) is 50.7. The highest BCUT2D eigenvalue weighted by Gasteiger charge is 2.45. The van der Waals surface area contributed by atoms with Crippen LogP contribution in [0.5, 0.6) is 0 Å². The number of nitrogens with two attached hydrogens (primary N) is 1. The Balaban J connectivity index is 1.16. The van der Waals surface area contributed by atoms with E-state index in [1.165, 1.54) is 0 Å². The van der Waals surface area contributed by atoms with Crippen molar-refractivity contribution in [1.29, 1.82) is 0 Å². The van der Waals surface area contributed by atoms with Crippen LogP contribution in [0.1, 0.15) is 46.4 Å². The maximum absolute atomic E-state index is 13.1. The Morgan fingerprint density at radius 2 is 1.30 bits per heavy atom. The molecule has 1 atom stereocenters. The van der Waals surface area contributed by atoms with Crippen molar-refractivity contribution in [2.24, 2.45) is 5.73 Å². The predicted octanol–water partition coefficient (Wildman–Crippen LogP) is 0.338. The number of piperidine rings is 1. The van der Waals surface area contributed by atoms with Crippen molar-refractivity contribution in [3.05, 3.63) is 29.3 Å². The molecule has 2 aliphatic rings. The third-order valence-electron chi connectivity index (χ3n) is 6.63. The van der Waals surface area contributed by atoms with E-state index in [4.69, 9.17) is 34.2 Å². The lowest BCUT2D eigenvalue weighted by Gasteiger charge is -2.27. The van der Waals surface area contributed by atoms with Crippen molar-refractivity contribution in [2.45, 2.75) is 31.7 Å². The molecule has 3 rings (SSSR count). The van der Waals surface area contributed by atoms with Gasteiger partial charge in [0.05, 0.1) is 83.8 Å². The van der Waals surface area contributed by atoms with Gasteiger partial charge in [0.15, 0.2) is 0 Å². The minimum atomic E-state index is -1.00. The molecule has 0 saturated carbocycles. The predicted molar refractivity (Wildman–Crippen MR) is 155 cm³/mol. The van der Waals surface area contributed by atoms with Gasteiger partial charge in [0.25, 0.3) is 11.8 Å². The van der Waals surface area contributed by atoms with Crippen LogP contribution in [0.15, 0.2) is 18.2 Å². The van der Waals surface area contributed by atoms with Gasteiger partial charge in [0, 0.05) is 25.3 Å². The molecular weight excluding hydrogens is 564 g/mol. The zero-order valence-corrected chi connectivity index (χ0v) is 24.6. The van der Waals surface area contributed by atoms with Crippen LogP contribution in [0, 0.1) is 0 Å². The molecule has 0 bridgehead atoms. The Bertz CT molecular complexity index is 1040. The normalized spacial score (nSPS) is 16.6. The first-order valence-electron chi connectivity index (χ1n) is 14.8. The van der Waals surface area contributed by atoms with Crippen LogP contribution >= 0.6 is 0 Å². The van der Waals surface area contributed by atoms with E-state index in [0.717, 1.165) is 17.7 Å². The maximum atomic E-state index is 13.1. The highest BCUT2D eigenvalue weighted by molar-refractivity contribution is 6.25. The molecule has 2 aliphatic heterocycles. The Morgan fingerprint density at radius 1 is 0.744 bits per heavy atom. The van der Waals surface area contributed by atoms with Crippen LogP contribution in [0.2, 0.25) is 0 Å². The molecule has 0 aromatic heterocycles. The number of hydrogen-bond donors (Lipinski definition) is 3. The van der Waals surface area contributed by atoms with E-state index in [2.05, 4.69) is 10.6 Å². The fraction of sp³-hybridized carbons (Fsp3) is 0.655. The van der Waals surface area contributed by atoms with Crippen LogP contribution in [-0.2, 0) is 38.0 Å². The van der Waals surface area contributed by atoms with Crippen molar-refractivity contribution in [1.82, 2.24) is 10.2 Å². The Morgan fingerprint density at radius 3 is 1.86 bits per heavy atom. The number of benzene rings is 1. The summed E-state index contributed by atoms with van der Waals surface area (Å²) >= 11 is 0. The van der Waals surface area contributed by atoms with Gasteiger partial charge < -0.3 is 39.5 Å². The zero-order chi connectivity index (χ0) is 30.7. The summed E-state index contributed by atoms with van der Waals surface area (Å²) in [6, 6.07) is 3.92. The van der Waals surface area contributed by atoms with Gasteiger partial charge >= 0.3 is 0 Å². The number of hydrogen-bond acceptors (Lipinski definition) is 12. The molecule has 14 heteroatoms. The van der Waals surface area contributed by atoms with Gasteiger partial charge in [-0.1, -0.05) is 6.07 Å². The van der Waals surface area contributed by atoms with Crippen LogP contribution in [0.25, 0.3) is 0 Å². The molecule has 0 radical (unpaired) electrons. The van der Waals surface area contributed by atoms with E-state index in [-0.39, 0.29) is 24.0 Å². The highest BCUT2D eigenvalue weighted by Crippen LogP contribution is 2.32. The first-order chi connectivity index (χ1) is 21.0. The molecular formula is C29H44N4O10. The van der Waals surface area contributed by atoms with Gasteiger partial charge in [0.1, 0.15) is 6.04 Å². The zero-order valence-electron chi connectivity index (χ0n) is 24.6. The van der Waals surface area contributed by atoms with Gasteiger partial charge in [-0.25, -0.2) is 0 Å². The first-order valence-corrected chi connectivity index (χ1v) is 14.8. The molecule has 240 valence electrons. The van der Waals surface area contributed by atoms with E-state index in [9.17, 15) is 19.2 Å². The molecule has 43 heavy (non-hydrogen) atoms. The van der Waals surface area contributed by atoms with Crippen LogP contribution in [0.3, 0.4) is 0 Å². The second-order valence-electron chi connectivity index (χ2n) is 9.77. The second-order valence-corrected chi connectivity index (χ2v) is 9.77. The summed E-state index contributed by atoms with van der Waals surface area (Å²) < 4.78 is 32.8. The second kappa shape index (κ2) is 20.1. The molecule has 0 spiro atoms. The van der Waals surface area contributed by atoms with E-state index in [1.807, 2.05) is 0 Å². The molecule has 1 unspecified atom stereocenters. The summed E-state index contributed by atoms with van der Waals surface area (Å²) in [6.45, 7) is 6.92. The standard InChI is InChI=1S/C29H44N4O10/c30-8-1-2-10-38-12-14-40-16-18-42-20-21-43-19-17-41-15-13-39-11-9-31-23-5-3-4-22-26(23)29(37)33(28(22)36)24-6-7-25(34)32-27(24)35/h3-5,24,31H,1-2,6-21,30H2,(H,32,34,35). The fourth-order valence-electron chi connectivity index (χ4n) is 4.47. The summed E-state index contributed by atoms with van der Waals surface area (Å²) in [5.41, 5.74) is 6.35. The van der Waals surface area contributed by atoms with Crippen LogP contribution < -0.4 is 16.4 Å². The number of nitrogens with one attached hydrogen (secondary N) is 2. The molecule has 1 aromatic rings. The highest BCUT2D eigenvalue weighted by atomic mass is 16.6. The van der Waals surface area contributed by atoms with Gasteiger partial charge in [-0.3, -0.25) is 29.4 Å². The number of carbonyl (C=O) groups excluding carboxylic acids is 4. The lowest BCUT2D eigenvalue weighted by atomic mass is 10.0. The van der Waals surface area contributed by atoms with Crippen molar-refractivity contribution in [3.8, 4) is 0 Å². The molecule has 0 aliphatic carbocycles. The first kappa shape index (κ1) is 34.5. The Kier molecular flexibility index (Phi) is 16.1. The number of unbranched alkanes of at least 4 members (excludes halogenated alkanes) is 1. The van der Waals surface area contributed by atoms with Crippen LogP contribution in [-0.4, -0.2) is 127 Å². The average Bonchev–Trinajstić information content (AvgIpc) is 3.25. The topological polar surface area (TPSA) is 177 Å². The molecule has 1 saturated heterocycles. The fourth-order valence-corrected chi connectivity index (χ4v) is 4.47. The van der Waals surface area contributed by atoms with E-state index < -0.39 is 29.7 Å². The number of rotatable bonds is 24. The molecule has 1 fully saturated rings. The largest absolute Gasteiger partial charge is 0.382 e. The minimum Gasteiger partial charge on any atom is -0.382 e. The summed E-state index contributed by atoms with van der Waals surface area (Å²) in [5.74, 6) is -2.15.